The molecule has 0 spiro atoms. The Morgan fingerprint density at radius 2 is 0.943 bits per heavy atom. The molecule has 87 heavy (non-hydrogen) atoms. The fraction of sp³-hybridized carbons (Fsp3) is 0.475. The average Bonchev–Trinajstić information content (AvgIpc) is 3.24. The Hall–Kier alpha value is -8.12. The number of aliphatic carboxylic acids is 2. The highest BCUT2D eigenvalue weighted by molar-refractivity contribution is 7.98. The van der Waals surface area contributed by atoms with Gasteiger partial charge in [-0.25, -0.2) is 0 Å². The van der Waals surface area contributed by atoms with Crippen molar-refractivity contribution in [3.05, 3.63) is 102 Å². The third-order valence-corrected chi connectivity index (χ3v) is 13.7. The maximum Gasteiger partial charge on any atom is 0.305 e. The van der Waals surface area contributed by atoms with Crippen molar-refractivity contribution in [2.45, 2.75) is 75.7 Å². The Kier molecular flexibility index (Phi) is 31.1. The van der Waals surface area contributed by atoms with E-state index < -0.39 is 96.5 Å². The summed E-state index contributed by atoms with van der Waals surface area (Å²) in [6.45, 7) is 4.01. The van der Waals surface area contributed by atoms with E-state index in [-0.39, 0.29) is 70.8 Å². The van der Waals surface area contributed by atoms with Crippen LogP contribution in [0.3, 0.4) is 0 Å². The van der Waals surface area contributed by atoms with E-state index in [1.165, 1.54) is 30.8 Å². The fourth-order valence-corrected chi connectivity index (χ4v) is 9.23. The van der Waals surface area contributed by atoms with Crippen LogP contribution in [0.4, 0.5) is 0 Å². The molecular weight excluding hydrogens is 1150 g/mol. The summed E-state index contributed by atoms with van der Waals surface area (Å²) in [6, 6.07) is 13.7. The standard InChI is InChI=1S/C59H79N9O18S/c1-38(69)64-49(32-40-35-61-45-9-5-3-7-43(40)45)58(79)68-51(34-54(74)75)56(77)63-37-52(71)65-50(33-41-36-62-46-10-6-4-8-44(41)46)59(80)67-48(31-39-11-13-42(70)14-12-39)57(78)66-47(16-30-87-2)55(76)60-17-19-82-21-23-84-25-27-86-29-28-85-26-24-83-22-20-81-18-15-53(72)73/h3-14,35-36,47-51,61-62,70H,15-34,37H2,1-2H3,(H,60,76)(H,63,77)(H,64,69)(H,65,71)(H,66,78)(H,67,80)(H,68,79)(H,72,73)(H,74,75)/t47-,48-,49-,50-,51-/m0/s1. The number of aromatic nitrogens is 2. The first-order valence-electron chi connectivity index (χ1n) is 28.3. The molecule has 0 aliphatic carbocycles. The number of ether oxygens (including phenoxy) is 6. The minimum atomic E-state index is -1.71. The number of phenols is 1. The van der Waals surface area contributed by atoms with Gasteiger partial charge in [0.25, 0.3) is 0 Å². The second-order valence-electron chi connectivity index (χ2n) is 19.8. The van der Waals surface area contributed by atoms with Crippen LogP contribution < -0.4 is 37.2 Å². The molecule has 0 unspecified atom stereocenters. The highest BCUT2D eigenvalue weighted by Gasteiger charge is 2.33. The average molecular weight is 1230 g/mol. The van der Waals surface area contributed by atoms with Crippen molar-refractivity contribution in [2.75, 3.05) is 104 Å². The molecule has 0 bridgehead atoms. The van der Waals surface area contributed by atoms with Gasteiger partial charge in [-0.3, -0.25) is 43.2 Å². The number of fused-ring (bicyclic) bond motifs is 2. The van der Waals surface area contributed by atoms with E-state index in [4.69, 9.17) is 33.5 Å². The van der Waals surface area contributed by atoms with Gasteiger partial charge in [0.05, 0.1) is 98.7 Å². The number of rotatable bonds is 44. The van der Waals surface area contributed by atoms with Crippen molar-refractivity contribution in [3.8, 4) is 5.75 Å². The third kappa shape index (κ3) is 26.2. The molecule has 474 valence electrons. The lowest BCUT2D eigenvalue weighted by atomic mass is 10.0. The smallest absolute Gasteiger partial charge is 0.305 e. The molecule has 2 aromatic heterocycles. The van der Waals surface area contributed by atoms with Gasteiger partial charge in [0.1, 0.15) is 36.0 Å². The van der Waals surface area contributed by atoms with Crippen molar-refractivity contribution >= 4 is 86.9 Å². The first-order chi connectivity index (χ1) is 42.0. The zero-order chi connectivity index (χ0) is 62.8. The fourth-order valence-electron chi connectivity index (χ4n) is 8.75. The highest BCUT2D eigenvalue weighted by atomic mass is 32.2. The van der Waals surface area contributed by atoms with Gasteiger partial charge >= 0.3 is 11.9 Å². The number of nitrogens with one attached hydrogen (secondary N) is 9. The topological polar surface area (TPSA) is 385 Å². The van der Waals surface area contributed by atoms with E-state index in [1.807, 2.05) is 42.7 Å². The van der Waals surface area contributed by atoms with Crippen molar-refractivity contribution in [2.24, 2.45) is 0 Å². The van der Waals surface area contributed by atoms with E-state index >= 15 is 0 Å². The number of benzene rings is 3. The van der Waals surface area contributed by atoms with Crippen LogP contribution in [-0.2, 0) is 90.8 Å². The minimum Gasteiger partial charge on any atom is -0.508 e. The number of para-hydroxylation sites is 2. The number of H-pyrrole nitrogens is 2. The van der Waals surface area contributed by atoms with Gasteiger partial charge in [-0.2, -0.15) is 11.8 Å². The number of phenolic OH excluding ortho intramolecular Hbond substituents is 1. The monoisotopic (exact) mass is 1230 g/mol. The predicted octanol–water partition coefficient (Wildman–Crippen LogP) is 0.861. The van der Waals surface area contributed by atoms with Gasteiger partial charge in [-0.15, -0.1) is 0 Å². The second kappa shape index (κ2) is 38.8. The summed E-state index contributed by atoms with van der Waals surface area (Å²) >= 11 is 1.45. The highest BCUT2D eigenvalue weighted by Crippen LogP contribution is 2.21. The number of hydrogen-bond donors (Lipinski definition) is 12. The van der Waals surface area contributed by atoms with Gasteiger partial charge in [0, 0.05) is 66.9 Å². The van der Waals surface area contributed by atoms with E-state index in [0.717, 1.165) is 21.8 Å². The largest absolute Gasteiger partial charge is 0.508 e. The maximum atomic E-state index is 14.6. The maximum absolute atomic E-state index is 14.6. The molecule has 0 radical (unpaired) electrons. The molecule has 27 nitrogen and oxygen atoms in total. The Balaban J connectivity index is 1.15. The normalized spacial score (nSPS) is 12.9. The lowest BCUT2D eigenvalue weighted by Gasteiger charge is -2.26. The lowest BCUT2D eigenvalue weighted by Crippen LogP contribution is -2.58. The molecule has 5 aromatic rings. The molecule has 2 heterocycles. The van der Waals surface area contributed by atoms with Gasteiger partial charge in [0.15, 0.2) is 0 Å². The molecule has 0 aliphatic rings. The molecule has 12 N–H and O–H groups in total. The van der Waals surface area contributed by atoms with E-state index in [0.29, 0.717) is 75.3 Å². The van der Waals surface area contributed by atoms with Crippen molar-refractivity contribution < 1.29 is 86.9 Å². The molecule has 0 saturated heterocycles. The summed E-state index contributed by atoms with van der Waals surface area (Å²) in [6.07, 6.45) is 4.18. The van der Waals surface area contributed by atoms with Crippen molar-refractivity contribution in [3.63, 3.8) is 0 Å². The quantitative estimate of drug-likeness (QED) is 0.0241. The van der Waals surface area contributed by atoms with Crippen LogP contribution in [0.15, 0.2) is 85.2 Å². The van der Waals surface area contributed by atoms with Crippen molar-refractivity contribution in [1.82, 2.24) is 47.2 Å². The van der Waals surface area contributed by atoms with Crippen LogP contribution in [0.2, 0.25) is 0 Å². The number of carbonyl (C=O) groups is 9. The molecule has 3 aromatic carbocycles. The number of aromatic amines is 2. The minimum absolute atomic E-state index is 0.0167. The Labute approximate surface area is 506 Å². The van der Waals surface area contributed by atoms with Crippen LogP contribution in [0, 0.1) is 0 Å². The number of carboxylic acid groups (broad SMARTS) is 2. The van der Waals surface area contributed by atoms with Gasteiger partial charge < -0.3 is 90.9 Å². The van der Waals surface area contributed by atoms with Crippen LogP contribution in [0.25, 0.3) is 21.8 Å². The van der Waals surface area contributed by atoms with E-state index in [2.05, 4.69) is 47.2 Å². The number of carbonyl (C=O) groups excluding carboxylic acids is 7. The Morgan fingerprint density at radius 3 is 1.44 bits per heavy atom. The number of hydrogen-bond acceptors (Lipinski definition) is 17. The van der Waals surface area contributed by atoms with E-state index in [1.54, 1.807) is 36.7 Å². The summed E-state index contributed by atoms with van der Waals surface area (Å²) in [5.41, 5.74) is 3.30. The zero-order valence-electron chi connectivity index (χ0n) is 48.7. The van der Waals surface area contributed by atoms with Gasteiger partial charge in [0.2, 0.25) is 41.4 Å². The number of thioether (sulfide) groups is 1. The second-order valence-corrected chi connectivity index (χ2v) is 20.7. The lowest BCUT2D eigenvalue weighted by molar-refractivity contribution is -0.141. The van der Waals surface area contributed by atoms with Crippen LogP contribution >= 0.6 is 11.8 Å². The van der Waals surface area contributed by atoms with Crippen LogP contribution in [0.1, 0.15) is 42.9 Å². The van der Waals surface area contributed by atoms with Gasteiger partial charge in [-0.05, 0) is 59.4 Å². The molecule has 28 heteroatoms. The summed E-state index contributed by atoms with van der Waals surface area (Å²) in [4.78, 5) is 125. The first-order valence-corrected chi connectivity index (χ1v) is 29.7. The SMILES string of the molecule is CSCC[C@H](NC(=O)[C@H](Cc1ccc(O)cc1)NC(=O)[C@H](Cc1c[nH]c2ccccc12)NC(=O)CNC(=O)[C@H](CC(=O)O)NC(=O)[C@H](Cc1c[nH]c2ccccc12)NC(C)=O)C(=O)NCCOCCOCCOCCOCCOCCOCCC(=O)O. The predicted molar refractivity (Wildman–Crippen MR) is 320 cm³/mol. The third-order valence-electron chi connectivity index (χ3n) is 13.1. The molecule has 5 rings (SSSR count). The van der Waals surface area contributed by atoms with Gasteiger partial charge in [-0.1, -0.05) is 48.5 Å². The first kappa shape index (κ1) is 69.6. The summed E-state index contributed by atoms with van der Waals surface area (Å²) in [5.74, 6) is -7.37. The molecule has 0 saturated carbocycles. The molecule has 7 amide bonds. The Bertz CT molecular complexity index is 3000. The molecule has 0 fully saturated rings. The number of carboxylic acids is 2. The van der Waals surface area contributed by atoms with Crippen molar-refractivity contribution in [1.29, 1.82) is 0 Å². The van der Waals surface area contributed by atoms with Crippen LogP contribution in [-0.4, -0.2) is 213 Å². The summed E-state index contributed by atoms with van der Waals surface area (Å²) in [7, 11) is 0. The summed E-state index contributed by atoms with van der Waals surface area (Å²) in [5, 5.41) is 48.2. The number of aromatic hydroxyl groups is 1. The molecule has 5 atom stereocenters. The molecule has 0 aliphatic heterocycles. The Morgan fingerprint density at radius 1 is 0.494 bits per heavy atom. The number of amides is 7. The summed E-state index contributed by atoms with van der Waals surface area (Å²) < 4.78 is 32.6. The molecular formula is C59H79N9O18S. The van der Waals surface area contributed by atoms with E-state index in [9.17, 15) is 53.4 Å². The zero-order valence-corrected chi connectivity index (χ0v) is 49.5. The van der Waals surface area contributed by atoms with Crippen LogP contribution in [0.5, 0.6) is 5.75 Å².